The fraction of sp³-hybridized carbons (Fsp3) is 0.300. The van der Waals surface area contributed by atoms with E-state index in [1.807, 2.05) is 0 Å². The summed E-state index contributed by atoms with van der Waals surface area (Å²) in [5.41, 5.74) is 0.498. The van der Waals surface area contributed by atoms with E-state index in [1.165, 1.54) is 44.5 Å². The van der Waals surface area contributed by atoms with Crippen molar-refractivity contribution in [2.75, 3.05) is 18.5 Å². The minimum absolute atomic E-state index is 0.0632. The van der Waals surface area contributed by atoms with Gasteiger partial charge < -0.3 is 10.1 Å². The highest BCUT2D eigenvalue weighted by Gasteiger charge is 2.27. The molecule has 1 N–H and O–H groups in total. The summed E-state index contributed by atoms with van der Waals surface area (Å²) in [6.45, 7) is 3.53. The molecule has 0 aliphatic heterocycles. The molecular weight excluding hydrogens is 416 g/mol. The van der Waals surface area contributed by atoms with Gasteiger partial charge in [0.05, 0.1) is 17.7 Å². The van der Waals surface area contributed by atoms with E-state index in [0.717, 1.165) is 4.31 Å². The molecule has 1 atom stereocenters. The molecule has 2 aromatic rings. The Kier molecular flexibility index (Phi) is 7.26. The third kappa shape index (κ3) is 5.27. The number of hydrogen-bond donors (Lipinski definition) is 1. The molecule has 0 aliphatic carbocycles. The van der Waals surface area contributed by atoms with Crippen LogP contribution in [-0.4, -0.2) is 40.5 Å². The van der Waals surface area contributed by atoms with Gasteiger partial charge in [0.15, 0.2) is 0 Å². The van der Waals surface area contributed by atoms with Crippen LogP contribution in [0.2, 0.25) is 5.02 Å². The van der Waals surface area contributed by atoms with Crippen molar-refractivity contribution in [1.29, 1.82) is 0 Å². The van der Waals surface area contributed by atoms with Crippen LogP contribution in [0, 0.1) is 5.92 Å². The highest BCUT2D eigenvalue weighted by atomic mass is 35.5. The molecule has 0 heterocycles. The normalized spacial score (nSPS) is 12.3. The van der Waals surface area contributed by atoms with Crippen molar-refractivity contribution in [1.82, 2.24) is 5.32 Å². The first-order chi connectivity index (χ1) is 13.6. The third-order valence-electron chi connectivity index (χ3n) is 4.33. The van der Waals surface area contributed by atoms with Crippen molar-refractivity contribution in [2.45, 2.75) is 24.8 Å². The Morgan fingerprint density at radius 2 is 1.76 bits per heavy atom. The number of nitrogens with one attached hydrogen (secondary N) is 1. The van der Waals surface area contributed by atoms with Gasteiger partial charge in [0.2, 0.25) is 0 Å². The molecule has 29 heavy (non-hydrogen) atoms. The molecule has 9 heteroatoms. The number of halogens is 1. The number of hydrogen-bond acceptors (Lipinski definition) is 5. The fourth-order valence-electron chi connectivity index (χ4n) is 2.62. The van der Waals surface area contributed by atoms with Gasteiger partial charge in [-0.05, 0) is 42.3 Å². The SMILES string of the molecule is COC(=O)C(NC(=O)c1cccc(S(=O)(=O)N(C)c2cccc(Cl)c2)c1)C(C)C. The number of benzene rings is 2. The molecule has 0 bridgehead atoms. The Morgan fingerprint density at radius 3 is 2.34 bits per heavy atom. The number of carbonyl (C=O) groups is 2. The largest absolute Gasteiger partial charge is 0.467 e. The Balaban J connectivity index is 2.32. The summed E-state index contributed by atoms with van der Waals surface area (Å²) in [7, 11) is -1.29. The van der Waals surface area contributed by atoms with E-state index in [1.54, 1.807) is 32.0 Å². The zero-order valence-corrected chi connectivity index (χ0v) is 18.1. The van der Waals surface area contributed by atoms with E-state index in [9.17, 15) is 18.0 Å². The second-order valence-corrected chi connectivity index (χ2v) is 9.10. The van der Waals surface area contributed by atoms with Gasteiger partial charge in [0.1, 0.15) is 6.04 Å². The third-order valence-corrected chi connectivity index (χ3v) is 6.35. The molecule has 0 aromatic heterocycles. The summed E-state index contributed by atoms with van der Waals surface area (Å²) in [6, 6.07) is 11.2. The molecule has 1 unspecified atom stereocenters. The van der Waals surface area contributed by atoms with Crippen molar-refractivity contribution in [3.63, 3.8) is 0 Å². The van der Waals surface area contributed by atoms with Crippen LogP contribution in [0.5, 0.6) is 0 Å². The number of nitrogens with zero attached hydrogens (tertiary/aromatic N) is 1. The number of anilines is 1. The summed E-state index contributed by atoms with van der Waals surface area (Å²) in [6.07, 6.45) is 0. The second-order valence-electron chi connectivity index (χ2n) is 6.70. The standard InChI is InChI=1S/C20H23ClN2O5S/c1-13(2)18(20(25)28-4)22-19(24)14-7-5-10-17(11-14)29(26,27)23(3)16-9-6-8-15(21)12-16/h5-13,18H,1-4H3,(H,22,24). The number of ether oxygens (including phenoxy) is 1. The van der Waals surface area contributed by atoms with Crippen LogP contribution in [-0.2, 0) is 19.6 Å². The molecule has 0 fully saturated rings. The maximum atomic E-state index is 13.0. The summed E-state index contributed by atoms with van der Waals surface area (Å²) in [4.78, 5) is 24.4. The smallest absolute Gasteiger partial charge is 0.328 e. The lowest BCUT2D eigenvalue weighted by molar-refractivity contribution is -0.144. The van der Waals surface area contributed by atoms with Crippen LogP contribution >= 0.6 is 11.6 Å². The van der Waals surface area contributed by atoms with Crippen molar-refractivity contribution in [3.8, 4) is 0 Å². The molecule has 0 spiro atoms. The number of rotatable bonds is 7. The predicted octanol–water partition coefficient (Wildman–Crippen LogP) is 3.09. The van der Waals surface area contributed by atoms with Crippen LogP contribution in [0.25, 0.3) is 0 Å². The zero-order chi connectivity index (χ0) is 21.8. The lowest BCUT2D eigenvalue weighted by Gasteiger charge is -2.21. The van der Waals surface area contributed by atoms with Gasteiger partial charge >= 0.3 is 5.97 Å². The fourth-order valence-corrected chi connectivity index (χ4v) is 4.03. The Morgan fingerprint density at radius 1 is 1.10 bits per heavy atom. The van der Waals surface area contributed by atoms with Crippen LogP contribution in [0.4, 0.5) is 5.69 Å². The average Bonchev–Trinajstić information content (AvgIpc) is 2.70. The van der Waals surface area contributed by atoms with E-state index < -0.39 is 27.9 Å². The van der Waals surface area contributed by atoms with Crippen molar-refractivity contribution < 1.29 is 22.7 Å². The van der Waals surface area contributed by atoms with Gasteiger partial charge in [-0.15, -0.1) is 0 Å². The minimum atomic E-state index is -3.93. The maximum Gasteiger partial charge on any atom is 0.328 e. The van der Waals surface area contributed by atoms with Gasteiger partial charge in [-0.25, -0.2) is 13.2 Å². The monoisotopic (exact) mass is 438 g/mol. The number of sulfonamides is 1. The summed E-state index contributed by atoms with van der Waals surface area (Å²) in [5, 5.41) is 2.99. The first-order valence-electron chi connectivity index (χ1n) is 8.81. The molecule has 0 saturated heterocycles. The number of amides is 1. The lowest BCUT2D eigenvalue weighted by atomic mass is 10.0. The molecule has 7 nitrogen and oxygen atoms in total. The Labute approximate surface area is 175 Å². The maximum absolute atomic E-state index is 13.0. The van der Waals surface area contributed by atoms with E-state index in [4.69, 9.17) is 16.3 Å². The summed E-state index contributed by atoms with van der Waals surface area (Å²) in [5.74, 6) is -1.35. The molecule has 0 saturated carbocycles. The van der Waals surface area contributed by atoms with Gasteiger partial charge in [0, 0.05) is 17.6 Å². The van der Waals surface area contributed by atoms with Gasteiger partial charge in [-0.3, -0.25) is 9.10 Å². The zero-order valence-electron chi connectivity index (χ0n) is 16.5. The van der Waals surface area contributed by atoms with E-state index in [2.05, 4.69) is 5.32 Å². The number of methoxy groups -OCH3 is 1. The van der Waals surface area contributed by atoms with Gasteiger partial charge in [-0.2, -0.15) is 0 Å². The average molecular weight is 439 g/mol. The lowest BCUT2D eigenvalue weighted by Crippen LogP contribution is -2.45. The number of esters is 1. The highest BCUT2D eigenvalue weighted by molar-refractivity contribution is 7.92. The molecule has 2 aromatic carbocycles. The highest BCUT2D eigenvalue weighted by Crippen LogP contribution is 2.25. The second kappa shape index (κ2) is 9.28. The Bertz CT molecular complexity index is 1010. The van der Waals surface area contributed by atoms with Gasteiger partial charge in [0.25, 0.3) is 15.9 Å². The molecule has 0 radical (unpaired) electrons. The van der Waals surface area contributed by atoms with Gasteiger partial charge in [-0.1, -0.05) is 37.6 Å². The Hall–Kier alpha value is -2.58. The predicted molar refractivity (Wildman–Crippen MR) is 112 cm³/mol. The quantitative estimate of drug-likeness (QED) is 0.670. The van der Waals surface area contributed by atoms with Crippen molar-refractivity contribution >= 4 is 39.2 Å². The molecule has 1 amide bonds. The topological polar surface area (TPSA) is 92.8 Å². The molecule has 2 rings (SSSR count). The summed E-state index contributed by atoms with van der Waals surface area (Å²) >= 11 is 5.95. The number of carbonyl (C=O) groups excluding carboxylic acids is 2. The minimum Gasteiger partial charge on any atom is -0.467 e. The van der Waals surface area contributed by atoms with E-state index in [-0.39, 0.29) is 16.4 Å². The van der Waals surface area contributed by atoms with Crippen LogP contribution < -0.4 is 9.62 Å². The van der Waals surface area contributed by atoms with E-state index in [0.29, 0.717) is 10.7 Å². The molecule has 156 valence electrons. The first-order valence-corrected chi connectivity index (χ1v) is 10.6. The van der Waals surface area contributed by atoms with Crippen molar-refractivity contribution in [3.05, 3.63) is 59.1 Å². The molecular formula is C20H23ClN2O5S. The first kappa shape index (κ1) is 22.7. The van der Waals surface area contributed by atoms with Crippen LogP contribution in [0.3, 0.4) is 0 Å². The van der Waals surface area contributed by atoms with Crippen LogP contribution in [0.1, 0.15) is 24.2 Å². The summed E-state index contributed by atoms with van der Waals surface area (Å²) < 4.78 is 31.8. The van der Waals surface area contributed by atoms with E-state index >= 15 is 0 Å². The van der Waals surface area contributed by atoms with Crippen LogP contribution in [0.15, 0.2) is 53.4 Å². The molecule has 0 aliphatic rings. The van der Waals surface area contributed by atoms with Crippen molar-refractivity contribution in [2.24, 2.45) is 5.92 Å².